The van der Waals surface area contributed by atoms with Gasteiger partial charge in [0, 0.05) is 0 Å². The van der Waals surface area contributed by atoms with Crippen LogP contribution in [0.4, 0.5) is 13.2 Å². The first-order valence-electron chi connectivity index (χ1n) is 6.74. The molecule has 0 N–H and O–H groups in total. The predicted octanol–water partition coefficient (Wildman–Crippen LogP) is 4.83. The molecule has 0 aromatic heterocycles. The normalized spacial score (nSPS) is 29.6. The molecule has 0 saturated carbocycles. The lowest BCUT2D eigenvalue weighted by molar-refractivity contribution is -0.169. The maximum Gasteiger partial charge on any atom is 0.424 e. The molecule has 1 heterocycles. The topological polar surface area (TPSA) is 12.5 Å². The molecule has 0 bridgehead atoms. The van der Waals surface area contributed by atoms with Gasteiger partial charge in [0.1, 0.15) is 5.22 Å². The van der Waals surface area contributed by atoms with Crippen LogP contribution >= 0.6 is 0 Å². The number of hydrogen-bond donors (Lipinski definition) is 0. The highest BCUT2D eigenvalue weighted by Crippen LogP contribution is 2.63. The first-order chi connectivity index (χ1) is 9.60. The average molecular weight is 312 g/mol. The molecule has 2 atom stereocenters. The van der Waals surface area contributed by atoms with E-state index in [-0.39, 0.29) is 0 Å². The summed E-state index contributed by atoms with van der Waals surface area (Å²) in [6.45, 7) is 9.18. The van der Waals surface area contributed by atoms with Crippen molar-refractivity contribution >= 4 is 14.1 Å². The summed E-state index contributed by atoms with van der Waals surface area (Å²) in [5.41, 5.74) is -1.53. The summed E-state index contributed by atoms with van der Waals surface area (Å²) in [6, 6.07) is 8.90. The standard InChI is InChI=1S/C16H19F3OSi/c1-5-15(21(2,3)4)14(20-15,16(17,18)19)12-11-13-9-7-6-8-10-13/h5-12H,1H2,2-4H3/b12-11+/t14-,15-/m0/s1. The van der Waals surface area contributed by atoms with Crippen LogP contribution in [0.3, 0.4) is 0 Å². The summed E-state index contributed by atoms with van der Waals surface area (Å²) in [7, 11) is -2.27. The van der Waals surface area contributed by atoms with Crippen molar-refractivity contribution in [1.82, 2.24) is 0 Å². The molecule has 21 heavy (non-hydrogen) atoms. The van der Waals surface area contributed by atoms with E-state index >= 15 is 0 Å². The van der Waals surface area contributed by atoms with Crippen molar-refractivity contribution < 1.29 is 17.9 Å². The highest BCUT2D eigenvalue weighted by molar-refractivity contribution is 6.80. The average Bonchev–Trinajstić information content (AvgIpc) is 3.08. The van der Waals surface area contributed by atoms with Gasteiger partial charge in [0.2, 0.25) is 5.60 Å². The van der Waals surface area contributed by atoms with Gasteiger partial charge in [-0.1, -0.05) is 62.1 Å². The molecule has 0 aliphatic carbocycles. The Kier molecular flexibility index (Phi) is 3.70. The van der Waals surface area contributed by atoms with Crippen molar-refractivity contribution in [3.05, 3.63) is 54.6 Å². The smallest absolute Gasteiger partial charge is 0.348 e. The van der Waals surface area contributed by atoms with Gasteiger partial charge in [-0.15, -0.1) is 6.58 Å². The van der Waals surface area contributed by atoms with Crippen molar-refractivity contribution in [2.24, 2.45) is 0 Å². The van der Waals surface area contributed by atoms with Crippen molar-refractivity contribution in [2.45, 2.75) is 36.6 Å². The van der Waals surface area contributed by atoms with E-state index in [9.17, 15) is 13.2 Å². The fourth-order valence-corrected chi connectivity index (χ4v) is 5.16. The zero-order valence-corrected chi connectivity index (χ0v) is 13.4. The minimum absolute atomic E-state index is 0.713. The van der Waals surface area contributed by atoms with Crippen LogP contribution in [-0.4, -0.2) is 25.1 Å². The Morgan fingerprint density at radius 1 is 1.14 bits per heavy atom. The van der Waals surface area contributed by atoms with Crippen LogP contribution in [0.25, 0.3) is 6.08 Å². The molecule has 0 spiro atoms. The summed E-state index contributed by atoms with van der Waals surface area (Å²) in [5, 5.41) is -1.30. The number of hydrogen-bond acceptors (Lipinski definition) is 1. The van der Waals surface area contributed by atoms with Gasteiger partial charge in [-0.05, 0) is 11.6 Å². The van der Waals surface area contributed by atoms with Crippen LogP contribution in [0, 0.1) is 0 Å². The molecule has 1 saturated heterocycles. The Morgan fingerprint density at radius 2 is 1.71 bits per heavy atom. The van der Waals surface area contributed by atoms with Gasteiger partial charge in [0.05, 0.1) is 8.07 Å². The molecule has 1 nitrogen and oxygen atoms in total. The number of ether oxygens (including phenoxy) is 1. The van der Waals surface area contributed by atoms with E-state index in [0.29, 0.717) is 5.56 Å². The minimum Gasteiger partial charge on any atom is -0.348 e. The number of rotatable bonds is 4. The fraction of sp³-hybridized carbons (Fsp3) is 0.375. The third kappa shape index (κ3) is 2.38. The molecule has 1 aliphatic heterocycles. The highest BCUT2D eigenvalue weighted by atomic mass is 28.3. The summed E-state index contributed by atoms with van der Waals surface area (Å²) in [6.07, 6.45) is -0.518. The van der Waals surface area contributed by atoms with E-state index in [0.717, 1.165) is 6.08 Å². The summed E-state index contributed by atoms with van der Waals surface area (Å²) in [5.74, 6) is 0. The number of epoxide rings is 1. The molecule has 0 unspecified atom stereocenters. The Hall–Kier alpha value is -1.33. The van der Waals surface area contributed by atoms with E-state index in [1.165, 1.54) is 12.2 Å². The first kappa shape index (κ1) is 16.0. The van der Waals surface area contributed by atoms with Crippen LogP contribution in [0.1, 0.15) is 5.56 Å². The van der Waals surface area contributed by atoms with Crippen LogP contribution in [0.2, 0.25) is 19.6 Å². The third-order valence-corrected chi connectivity index (χ3v) is 6.87. The maximum absolute atomic E-state index is 13.6. The molecule has 1 fully saturated rings. The number of benzene rings is 1. The van der Waals surface area contributed by atoms with Crippen LogP contribution in [0.5, 0.6) is 0 Å². The Balaban J connectivity index is 2.44. The van der Waals surface area contributed by atoms with Crippen molar-refractivity contribution in [1.29, 1.82) is 0 Å². The molecule has 1 aromatic rings. The number of halogens is 3. The fourth-order valence-electron chi connectivity index (χ4n) is 2.74. The van der Waals surface area contributed by atoms with Crippen LogP contribution in [-0.2, 0) is 4.74 Å². The van der Waals surface area contributed by atoms with Gasteiger partial charge in [-0.25, -0.2) is 0 Å². The van der Waals surface area contributed by atoms with E-state index in [1.807, 2.05) is 25.7 Å². The quantitative estimate of drug-likeness (QED) is 0.440. The van der Waals surface area contributed by atoms with E-state index < -0.39 is 25.1 Å². The molecule has 0 amide bonds. The molecule has 1 aromatic carbocycles. The second-order valence-corrected chi connectivity index (χ2v) is 11.5. The molecule has 114 valence electrons. The van der Waals surface area contributed by atoms with Crippen molar-refractivity contribution in [2.75, 3.05) is 0 Å². The van der Waals surface area contributed by atoms with Crippen LogP contribution < -0.4 is 0 Å². The molecule has 2 rings (SSSR count). The second kappa shape index (κ2) is 4.85. The second-order valence-electron chi connectivity index (χ2n) is 6.27. The SMILES string of the molecule is C=C[C@@]1([Si](C)(C)C)O[C@]1(/C=C/c1ccccc1)C(F)(F)F. The predicted molar refractivity (Wildman–Crippen MR) is 81.6 cm³/mol. The van der Waals surface area contributed by atoms with Crippen molar-refractivity contribution in [3.63, 3.8) is 0 Å². The summed E-state index contributed by atoms with van der Waals surface area (Å²) >= 11 is 0. The first-order valence-corrected chi connectivity index (χ1v) is 10.2. The molecule has 1 aliphatic rings. The minimum atomic E-state index is -4.47. The summed E-state index contributed by atoms with van der Waals surface area (Å²) in [4.78, 5) is 0. The van der Waals surface area contributed by atoms with Crippen LogP contribution in [0.15, 0.2) is 49.1 Å². The van der Waals surface area contributed by atoms with Gasteiger partial charge in [-0.3, -0.25) is 0 Å². The van der Waals surface area contributed by atoms with Gasteiger partial charge < -0.3 is 4.74 Å². The molecule has 0 radical (unpaired) electrons. The Morgan fingerprint density at radius 3 is 2.10 bits per heavy atom. The van der Waals surface area contributed by atoms with Gasteiger partial charge in [0.25, 0.3) is 0 Å². The van der Waals surface area contributed by atoms with Gasteiger partial charge >= 0.3 is 6.18 Å². The van der Waals surface area contributed by atoms with E-state index in [4.69, 9.17) is 4.74 Å². The largest absolute Gasteiger partial charge is 0.424 e. The van der Waals surface area contributed by atoms with E-state index in [2.05, 4.69) is 6.58 Å². The summed E-state index contributed by atoms with van der Waals surface area (Å²) < 4.78 is 46.2. The molecule has 5 heteroatoms. The Labute approximate surface area is 124 Å². The lowest BCUT2D eigenvalue weighted by atomic mass is 10.0. The lowest BCUT2D eigenvalue weighted by Crippen LogP contribution is -2.50. The molecular formula is C16H19F3OSi. The van der Waals surface area contributed by atoms with E-state index in [1.54, 1.807) is 24.3 Å². The lowest BCUT2D eigenvalue weighted by Gasteiger charge is -2.27. The maximum atomic E-state index is 13.6. The Bertz CT molecular complexity index is 559. The van der Waals surface area contributed by atoms with Gasteiger partial charge in [0.15, 0.2) is 0 Å². The monoisotopic (exact) mass is 312 g/mol. The van der Waals surface area contributed by atoms with Gasteiger partial charge in [-0.2, -0.15) is 13.2 Å². The van der Waals surface area contributed by atoms with Crippen molar-refractivity contribution in [3.8, 4) is 0 Å². The number of alkyl halides is 3. The highest BCUT2D eigenvalue weighted by Gasteiger charge is 2.83. The zero-order chi connectivity index (χ0) is 15.9. The third-order valence-electron chi connectivity index (χ3n) is 3.96. The zero-order valence-electron chi connectivity index (χ0n) is 12.4. The molecular weight excluding hydrogens is 293 g/mol.